The van der Waals surface area contributed by atoms with Crippen LogP contribution in [-0.2, 0) is 15.3 Å². The monoisotopic (exact) mass is 169 g/mol. The minimum absolute atomic E-state index is 0.350. The molecule has 1 rings (SSSR count). The third kappa shape index (κ3) is 1.97. The van der Waals surface area contributed by atoms with Crippen molar-refractivity contribution in [2.45, 2.75) is 6.92 Å². The van der Waals surface area contributed by atoms with Crippen LogP contribution in [0.4, 0.5) is 0 Å². The lowest BCUT2D eigenvalue weighted by Gasteiger charge is -2.03. The summed E-state index contributed by atoms with van der Waals surface area (Å²) in [5.41, 5.74) is 0. The molecule has 0 N–H and O–H groups in total. The second kappa shape index (κ2) is 3.42. The van der Waals surface area contributed by atoms with Crippen LogP contribution in [0.5, 0.6) is 0 Å². The molecule has 0 aliphatic carbocycles. The Kier molecular flexibility index (Phi) is 2.52. The first-order chi connectivity index (χ1) is 5.26. The Hall–Kier alpha value is -0.990. The first-order valence-corrected chi connectivity index (χ1v) is 3.94. The van der Waals surface area contributed by atoms with Gasteiger partial charge >= 0.3 is 0 Å². The van der Waals surface area contributed by atoms with E-state index in [1.54, 1.807) is 6.92 Å². The van der Waals surface area contributed by atoms with Crippen molar-refractivity contribution in [3.8, 4) is 12.3 Å². The molecular formula is C6H7N3OS. The quantitative estimate of drug-likeness (QED) is 0.534. The van der Waals surface area contributed by atoms with Crippen LogP contribution in [0.3, 0.4) is 0 Å². The Morgan fingerprint density at radius 2 is 2.36 bits per heavy atom. The predicted molar refractivity (Wildman–Crippen MR) is 46.2 cm³/mol. The van der Waals surface area contributed by atoms with Gasteiger partial charge in [0.1, 0.15) is 5.84 Å². The van der Waals surface area contributed by atoms with E-state index in [2.05, 4.69) is 19.7 Å². The van der Waals surface area contributed by atoms with Gasteiger partial charge in [0.25, 0.3) is 0 Å². The lowest BCUT2D eigenvalue weighted by atomic mass is 10.6. The molecule has 11 heavy (non-hydrogen) atoms. The van der Waals surface area contributed by atoms with Gasteiger partial charge in [0.05, 0.1) is 7.11 Å². The average Bonchev–Trinajstić information content (AvgIpc) is 2.03. The van der Waals surface area contributed by atoms with Crippen molar-refractivity contribution >= 4 is 22.8 Å². The van der Waals surface area contributed by atoms with Crippen LogP contribution in [0.15, 0.2) is 13.8 Å². The third-order valence-corrected chi connectivity index (χ3v) is 1.97. The number of terminal acetylenes is 1. The predicted octanol–water partition coefficient (Wildman–Crippen LogP) is 0.728. The molecule has 0 radical (unpaired) electrons. The Bertz CT molecular complexity index is 297. The molecule has 0 aromatic heterocycles. The van der Waals surface area contributed by atoms with E-state index in [0.29, 0.717) is 11.7 Å². The molecule has 0 aromatic rings. The van der Waals surface area contributed by atoms with Gasteiger partial charge in [-0.3, -0.25) is 4.18 Å². The molecule has 0 bridgehead atoms. The van der Waals surface area contributed by atoms with Crippen molar-refractivity contribution in [3.63, 3.8) is 0 Å². The molecule has 58 valence electrons. The summed E-state index contributed by atoms with van der Waals surface area (Å²) in [4.78, 5) is 3.89. The van der Waals surface area contributed by atoms with Crippen LogP contribution in [-0.4, -0.2) is 18.8 Å². The maximum atomic E-state index is 5.10. The highest BCUT2D eigenvalue weighted by molar-refractivity contribution is 7.81. The molecule has 0 aromatic carbocycles. The molecule has 5 heteroatoms. The topological polar surface area (TPSA) is 46.3 Å². The highest BCUT2D eigenvalue weighted by atomic mass is 32.2. The molecule has 1 atom stereocenters. The zero-order chi connectivity index (χ0) is 8.27. The number of nitrogens with zero attached hydrogens (tertiary/aromatic N) is 3. The summed E-state index contributed by atoms with van der Waals surface area (Å²) in [7, 11) is 1.53. The van der Waals surface area contributed by atoms with Gasteiger partial charge in [-0.25, -0.2) is 4.99 Å². The van der Waals surface area contributed by atoms with E-state index >= 15 is 0 Å². The van der Waals surface area contributed by atoms with Gasteiger partial charge in [-0.15, -0.1) is 6.42 Å². The summed E-state index contributed by atoms with van der Waals surface area (Å²) in [6, 6.07) is 0. The van der Waals surface area contributed by atoms with Crippen molar-refractivity contribution in [2.24, 2.45) is 13.8 Å². The molecule has 0 saturated carbocycles. The highest BCUT2D eigenvalue weighted by Crippen LogP contribution is 2.01. The van der Waals surface area contributed by atoms with Crippen molar-refractivity contribution in [1.82, 2.24) is 0 Å². The molecule has 0 fully saturated rings. The van der Waals surface area contributed by atoms with Crippen molar-refractivity contribution < 1.29 is 4.18 Å². The van der Waals surface area contributed by atoms with Crippen LogP contribution in [0.1, 0.15) is 6.92 Å². The molecule has 0 saturated heterocycles. The van der Waals surface area contributed by atoms with E-state index in [9.17, 15) is 0 Å². The lowest BCUT2D eigenvalue weighted by molar-refractivity contribution is 0.480. The Balaban J connectivity index is 2.99. The molecule has 1 unspecified atom stereocenters. The van der Waals surface area contributed by atoms with E-state index in [-0.39, 0.29) is 0 Å². The number of rotatable bonds is 1. The summed E-state index contributed by atoms with van der Waals surface area (Å²) >= 11 is -0.772. The molecule has 1 aliphatic heterocycles. The van der Waals surface area contributed by atoms with Gasteiger partial charge < -0.3 is 0 Å². The molecule has 1 heterocycles. The van der Waals surface area contributed by atoms with E-state index in [1.165, 1.54) is 7.11 Å². The van der Waals surface area contributed by atoms with Gasteiger partial charge in [0.15, 0.2) is 11.2 Å². The smallest absolute Gasteiger partial charge is 0.216 e. The maximum absolute atomic E-state index is 5.10. The number of hydrogen-bond donors (Lipinski definition) is 0. The minimum Gasteiger partial charge on any atom is -0.292 e. The summed E-state index contributed by atoms with van der Waals surface area (Å²) in [6.45, 7) is 1.76. The van der Waals surface area contributed by atoms with Gasteiger partial charge in [-0.05, 0) is 12.8 Å². The first kappa shape index (κ1) is 8.11. The van der Waals surface area contributed by atoms with Crippen LogP contribution in [0.25, 0.3) is 0 Å². The minimum atomic E-state index is -0.772. The molecule has 0 amide bonds. The zero-order valence-electron chi connectivity index (χ0n) is 6.24. The second-order valence-corrected chi connectivity index (χ2v) is 2.87. The summed E-state index contributed by atoms with van der Waals surface area (Å²) in [5, 5.41) is 0. The molecule has 1 aliphatic rings. The first-order valence-electron chi connectivity index (χ1n) is 2.87. The largest absolute Gasteiger partial charge is 0.292 e. The number of amidine groups is 2. The van der Waals surface area contributed by atoms with E-state index in [0.717, 1.165) is 0 Å². The summed E-state index contributed by atoms with van der Waals surface area (Å²) < 4.78 is 12.8. The van der Waals surface area contributed by atoms with Crippen LogP contribution in [0.2, 0.25) is 0 Å². The van der Waals surface area contributed by atoms with Crippen molar-refractivity contribution in [1.29, 1.82) is 0 Å². The number of hydrogen-bond acceptors (Lipinski definition) is 4. The zero-order valence-corrected chi connectivity index (χ0v) is 7.05. The van der Waals surface area contributed by atoms with Gasteiger partial charge in [0, 0.05) is 0 Å². The molecular weight excluding hydrogens is 162 g/mol. The summed E-state index contributed by atoms with van der Waals surface area (Å²) in [6.07, 6.45) is 5.10. The Labute approximate surface area is 67.8 Å². The standard InChI is InChI=1S/C6H7N3OS/c1-4-6-7-5(2)8-11(9-6)10-3/h1H,2-3H3. The van der Waals surface area contributed by atoms with Crippen molar-refractivity contribution in [2.75, 3.05) is 7.11 Å². The third-order valence-electron chi connectivity index (χ3n) is 0.921. The second-order valence-electron chi connectivity index (χ2n) is 1.71. The van der Waals surface area contributed by atoms with Crippen LogP contribution in [0, 0.1) is 12.3 Å². The normalized spacial score (nSPS) is 22.8. The Morgan fingerprint density at radius 1 is 1.64 bits per heavy atom. The Morgan fingerprint density at radius 3 is 2.91 bits per heavy atom. The van der Waals surface area contributed by atoms with Gasteiger partial charge in [0.2, 0.25) is 5.84 Å². The maximum Gasteiger partial charge on any atom is 0.216 e. The average molecular weight is 169 g/mol. The van der Waals surface area contributed by atoms with Crippen LogP contribution >= 0.6 is 0 Å². The molecule has 4 nitrogen and oxygen atoms in total. The lowest BCUT2D eigenvalue weighted by Crippen LogP contribution is -2.05. The van der Waals surface area contributed by atoms with E-state index < -0.39 is 11.2 Å². The van der Waals surface area contributed by atoms with Gasteiger partial charge in [-0.1, -0.05) is 0 Å². The number of aliphatic imine (C=N–C) groups is 1. The fourth-order valence-corrected chi connectivity index (χ4v) is 1.23. The molecule has 0 spiro atoms. The van der Waals surface area contributed by atoms with Crippen LogP contribution < -0.4 is 0 Å². The van der Waals surface area contributed by atoms with Crippen molar-refractivity contribution in [3.05, 3.63) is 0 Å². The van der Waals surface area contributed by atoms with Gasteiger partial charge in [-0.2, -0.15) is 8.76 Å². The fourth-order valence-electron chi connectivity index (χ4n) is 0.535. The summed E-state index contributed by atoms with van der Waals surface area (Å²) in [5.74, 6) is 3.29. The fraction of sp³-hybridized carbons (Fsp3) is 0.333. The van der Waals surface area contributed by atoms with E-state index in [4.69, 9.17) is 10.6 Å². The van der Waals surface area contributed by atoms with E-state index in [1.807, 2.05) is 0 Å². The SMILES string of the molecule is C#CC1=NC(C)=NS(OC)=N1. The highest BCUT2D eigenvalue weighted by Gasteiger charge is 2.03.